The van der Waals surface area contributed by atoms with Gasteiger partial charge in [-0.25, -0.2) is 4.79 Å². The minimum Gasteiger partial charge on any atom is -0.444 e. The number of carbonyl (C=O) groups excluding carboxylic acids is 2. The second-order valence-electron chi connectivity index (χ2n) is 7.28. The predicted octanol–water partition coefficient (Wildman–Crippen LogP) is 3.29. The molecule has 1 fully saturated rings. The molecule has 0 radical (unpaired) electrons. The summed E-state index contributed by atoms with van der Waals surface area (Å²) in [6.45, 7) is 6.96. The number of hydrogen-bond acceptors (Lipinski definition) is 4. The van der Waals surface area contributed by atoms with Crippen molar-refractivity contribution < 1.29 is 23.6 Å². The molecule has 0 saturated carbocycles. The van der Waals surface area contributed by atoms with Crippen molar-refractivity contribution in [2.75, 3.05) is 20.1 Å². The zero-order chi connectivity index (χ0) is 18.4. The highest BCUT2D eigenvalue weighted by Crippen LogP contribution is 2.18. The molecule has 2 rings (SSSR count). The van der Waals surface area contributed by atoms with Gasteiger partial charge in [-0.15, -0.1) is 4.58 Å². The highest BCUT2D eigenvalue weighted by atomic mass is 16.6. The number of ether oxygens (including phenoxy) is 2. The maximum Gasteiger partial charge on any atom is 0.596 e. The molecular weight excluding hydrogens is 320 g/mol. The van der Waals surface area contributed by atoms with Crippen LogP contribution >= 0.6 is 0 Å². The average molecular weight is 347 g/mol. The van der Waals surface area contributed by atoms with Gasteiger partial charge < -0.3 is 14.4 Å². The van der Waals surface area contributed by atoms with Crippen LogP contribution in [0.4, 0.5) is 9.59 Å². The SMILES string of the molecule is C/[N+](=C/C1CCN(C(=O)OC(C)(C)C)C1)C(=O)OCc1ccccc1. The molecule has 6 heteroatoms. The van der Waals surface area contributed by atoms with Gasteiger partial charge in [0.2, 0.25) is 0 Å². The van der Waals surface area contributed by atoms with Gasteiger partial charge in [-0.2, -0.15) is 4.79 Å². The summed E-state index contributed by atoms with van der Waals surface area (Å²) < 4.78 is 12.1. The van der Waals surface area contributed by atoms with Crippen molar-refractivity contribution in [1.82, 2.24) is 4.90 Å². The van der Waals surface area contributed by atoms with Gasteiger partial charge in [-0.05, 0) is 32.8 Å². The molecule has 1 saturated heterocycles. The Morgan fingerprint density at radius 1 is 1.28 bits per heavy atom. The van der Waals surface area contributed by atoms with Crippen molar-refractivity contribution in [3.05, 3.63) is 35.9 Å². The Kier molecular flexibility index (Phi) is 6.17. The van der Waals surface area contributed by atoms with Crippen LogP contribution < -0.4 is 0 Å². The first-order valence-corrected chi connectivity index (χ1v) is 8.51. The van der Waals surface area contributed by atoms with E-state index < -0.39 is 11.7 Å². The van der Waals surface area contributed by atoms with E-state index in [2.05, 4.69) is 0 Å². The quantitative estimate of drug-likeness (QED) is 0.622. The molecule has 0 aliphatic carbocycles. The molecule has 136 valence electrons. The number of carbonyl (C=O) groups is 2. The summed E-state index contributed by atoms with van der Waals surface area (Å²) in [7, 11) is 1.67. The fourth-order valence-electron chi connectivity index (χ4n) is 2.60. The summed E-state index contributed by atoms with van der Waals surface area (Å²) in [5.41, 5.74) is 0.443. The van der Waals surface area contributed by atoms with E-state index in [1.165, 1.54) is 4.58 Å². The second-order valence-corrected chi connectivity index (χ2v) is 7.28. The first-order chi connectivity index (χ1) is 11.7. The monoisotopic (exact) mass is 347 g/mol. The smallest absolute Gasteiger partial charge is 0.444 e. The number of nitrogens with zero attached hydrogens (tertiary/aromatic N) is 2. The second kappa shape index (κ2) is 8.14. The number of rotatable bonds is 3. The van der Waals surface area contributed by atoms with E-state index in [4.69, 9.17) is 9.47 Å². The van der Waals surface area contributed by atoms with Gasteiger partial charge in [-0.3, -0.25) is 0 Å². The largest absolute Gasteiger partial charge is 0.596 e. The van der Waals surface area contributed by atoms with Gasteiger partial charge in [0.1, 0.15) is 19.3 Å². The fraction of sp³-hybridized carbons (Fsp3) is 0.526. The van der Waals surface area contributed by atoms with Gasteiger partial charge in [0, 0.05) is 13.1 Å². The molecule has 1 heterocycles. The Hall–Kier alpha value is -2.37. The Labute approximate surface area is 149 Å². The molecule has 1 aliphatic rings. The molecule has 1 atom stereocenters. The molecule has 0 spiro atoms. The van der Waals surface area contributed by atoms with Crippen LogP contribution in [0.25, 0.3) is 0 Å². The van der Waals surface area contributed by atoms with Crippen molar-refractivity contribution >= 4 is 18.4 Å². The summed E-state index contributed by atoms with van der Waals surface area (Å²) in [5.74, 6) is 0.113. The van der Waals surface area contributed by atoms with Crippen LogP contribution in [0.5, 0.6) is 0 Å². The van der Waals surface area contributed by atoms with E-state index in [1.54, 1.807) is 11.9 Å². The Bertz CT molecular complexity index is 635. The van der Waals surface area contributed by atoms with E-state index in [9.17, 15) is 9.59 Å². The molecule has 1 aromatic carbocycles. The van der Waals surface area contributed by atoms with E-state index in [-0.39, 0.29) is 18.6 Å². The van der Waals surface area contributed by atoms with Crippen LogP contribution in [0.2, 0.25) is 0 Å². The van der Waals surface area contributed by atoms with E-state index in [1.807, 2.05) is 57.3 Å². The lowest BCUT2D eigenvalue weighted by Crippen LogP contribution is -2.35. The molecular formula is C19H27N2O4+. The van der Waals surface area contributed by atoms with E-state index >= 15 is 0 Å². The first kappa shape index (κ1) is 19.0. The van der Waals surface area contributed by atoms with E-state index in [0.717, 1.165) is 12.0 Å². The van der Waals surface area contributed by atoms with Crippen LogP contribution in [0, 0.1) is 5.92 Å². The van der Waals surface area contributed by atoms with Gasteiger partial charge in [0.15, 0.2) is 6.21 Å². The Morgan fingerprint density at radius 3 is 2.60 bits per heavy atom. The first-order valence-electron chi connectivity index (χ1n) is 8.51. The maximum absolute atomic E-state index is 12.1. The maximum atomic E-state index is 12.1. The van der Waals surface area contributed by atoms with Crippen molar-refractivity contribution in [2.24, 2.45) is 5.92 Å². The Balaban J connectivity index is 1.83. The molecule has 1 unspecified atom stereocenters. The summed E-state index contributed by atoms with van der Waals surface area (Å²) in [5, 5.41) is 0. The van der Waals surface area contributed by atoms with Gasteiger partial charge >= 0.3 is 12.2 Å². The third kappa shape index (κ3) is 6.21. The fourth-order valence-corrected chi connectivity index (χ4v) is 2.60. The third-order valence-electron chi connectivity index (χ3n) is 3.80. The van der Waals surface area contributed by atoms with Crippen LogP contribution in [0.15, 0.2) is 30.3 Å². The summed E-state index contributed by atoms with van der Waals surface area (Å²) in [6.07, 6.45) is 1.91. The molecule has 0 aromatic heterocycles. The molecule has 2 amide bonds. The highest BCUT2D eigenvalue weighted by molar-refractivity contribution is 5.71. The molecule has 6 nitrogen and oxygen atoms in total. The van der Waals surface area contributed by atoms with Crippen LogP contribution in [0.3, 0.4) is 0 Å². The molecule has 0 N–H and O–H groups in total. The lowest BCUT2D eigenvalue weighted by Gasteiger charge is -2.24. The van der Waals surface area contributed by atoms with Gasteiger partial charge in [0.25, 0.3) is 0 Å². The highest BCUT2D eigenvalue weighted by Gasteiger charge is 2.31. The molecule has 1 aliphatic heterocycles. The zero-order valence-electron chi connectivity index (χ0n) is 15.4. The van der Waals surface area contributed by atoms with E-state index in [0.29, 0.717) is 13.1 Å². The molecule has 1 aromatic rings. The normalized spacial score (nSPS) is 18.2. The van der Waals surface area contributed by atoms with Crippen LogP contribution in [-0.4, -0.2) is 53.6 Å². The molecule has 25 heavy (non-hydrogen) atoms. The summed E-state index contributed by atoms with van der Waals surface area (Å²) in [6, 6.07) is 9.55. The molecule has 0 bridgehead atoms. The number of amides is 2. The minimum atomic E-state index is -0.503. The Morgan fingerprint density at radius 2 is 1.96 bits per heavy atom. The predicted molar refractivity (Wildman–Crippen MR) is 94.8 cm³/mol. The summed E-state index contributed by atoms with van der Waals surface area (Å²) in [4.78, 5) is 25.8. The van der Waals surface area contributed by atoms with Crippen molar-refractivity contribution in [2.45, 2.75) is 39.4 Å². The van der Waals surface area contributed by atoms with Gasteiger partial charge in [0.05, 0.1) is 5.92 Å². The van der Waals surface area contributed by atoms with Crippen LogP contribution in [0.1, 0.15) is 32.8 Å². The minimum absolute atomic E-state index is 0.113. The number of benzene rings is 1. The zero-order valence-corrected chi connectivity index (χ0v) is 15.4. The number of hydrogen-bond donors (Lipinski definition) is 0. The standard InChI is InChI=1S/C19H27N2O4/c1-19(2,3)25-18(23)21-11-10-16(13-21)12-20(4)17(22)24-14-15-8-6-5-7-9-15/h5-9,12,16H,10-11,13-14H2,1-4H3/q+1/b20-12-. The average Bonchev–Trinajstić information content (AvgIpc) is 3.00. The van der Waals surface area contributed by atoms with Gasteiger partial charge in [-0.1, -0.05) is 30.3 Å². The topological polar surface area (TPSA) is 58.8 Å². The van der Waals surface area contributed by atoms with Crippen LogP contribution in [-0.2, 0) is 16.1 Å². The van der Waals surface area contributed by atoms with Crippen molar-refractivity contribution in [3.8, 4) is 0 Å². The summed E-state index contributed by atoms with van der Waals surface area (Å²) >= 11 is 0. The number of likely N-dealkylation sites (tertiary alicyclic amines) is 1. The lowest BCUT2D eigenvalue weighted by molar-refractivity contribution is -0.412. The van der Waals surface area contributed by atoms with Crippen molar-refractivity contribution in [1.29, 1.82) is 0 Å². The lowest BCUT2D eigenvalue weighted by atomic mass is 10.1. The third-order valence-corrected chi connectivity index (χ3v) is 3.80. The van der Waals surface area contributed by atoms with Crippen molar-refractivity contribution in [3.63, 3.8) is 0 Å².